The summed E-state index contributed by atoms with van der Waals surface area (Å²) in [4.78, 5) is 10.9. The number of quaternary nitrogens is 1. The Morgan fingerprint density at radius 2 is 1.92 bits per heavy atom. The van der Waals surface area contributed by atoms with Gasteiger partial charge in [0.05, 0.1) is 26.7 Å². The number of amides is 1. The molecule has 0 aliphatic rings. The van der Waals surface area contributed by atoms with Crippen molar-refractivity contribution in [3.63, 3.8) is 0 Å². The van der Waals surface area contributed by atoms with Gasteiger partial charge in [0.25, 0.3) is 0 Å². The second-order valence-corrected chi connectivity index (χ2v) is 3.88. The van der Waals surface area contributed by atoms with Crippen molar-refractivity contribution in [1.82, 2.24) is 0 Å². The molecule has 0 aromatic heterocycles. The molecule has 70 valence electrons. The molecule has 1 amide bonds. The Bertz CT molecular complexity index is 189. The Morgan fingerprint density at radius 1 is 1.42 bits per heavy atom. The standard InChI is InChI=1S/C9H18N2O/c1-5-6-8(9(10)12)7-11(2,3)4/h7H,5-6H2,1-4H3,(H-,10,12)/p+1. The van der Waals surface area contributed by atoms with Crippen molar-refractivity contribution in [1.29, 1.82) is 0 Å². The first-order valence-electron chi connectivity index (χ1n) is 4.19. The van der Waals surface area contributed by atoms with E-state index in [0.717, 1.165) is 18.4 Å². The quantitative estimate of drug-likeness (QED) is 0.495. The summed E-state index contributed by atoms with van der Waals surface area (Å²) in [5.74, 6) is -0.301. The largest absolute Gasteiger partial charge is 0.366 e. The highest BCUT2D eigenvalue weighted by Crippen LogP contribution is 2.07. The summed E-state index contributed by atoms with van der Waals surface area (Å²) in [6.45, 7) is 2.03. The Kier molecular flexibility index (Phi) is 3.96. The molecule has 0 saturated carbocycles. The van der Waals surface area contributed by atoms with Crippen LogP contribution in [0.15, 0.2) is 11.8 Å². The van der Waals surface area contributed by atoms with Crippen molar-refractivity contribution in [2.75, 3.05) is 21.1 Å². The van der Waals surface area contributed by atoms with Crippen LogP contribution in [0.25, 0.3) is 0 Å². The summed E-state index contributed by atoms with van der Waals surface area (Å²) in [7, 11) is 6.00. The summed E-state index contributed by atoms with van der Waals surface area (Å²) in [5.41, 5.74) is 5.94. The third-order valence-electron chi connectivity index (χ3n) is 1.38. The zero-order valence-electron chi connectivity index (χ0n) is 8.42. The van der Waals surface area contributed by atoms with Crippen LogP contribution < -0.4 is 5.73 Å². The molecule has 0 bridgehead atoms. The molecular formula is C9H19N2O+. The number of primary amides is 1. The molecule has 3 heteroatoms. The summed E-state index contributed by atoms with van der Waals surface area (Å²) in [6, 6.07) is 0. The Morgan fingerprint density at radius 3 is 2.17 bits per heavy atom. The number of rotatable bonds is 4. The van der Waals surface area contributed by atoms with E-state index in [1.165, 1.54) is 0 Å². The van der Waals surface area contributed by atoms with Crippen LogP contribution in [-0.2, 0) is 4.79 Å². The Hall–Kier alpha value is -0.830. The van der Waals surface area contributed by atoms with E-state index in [1.807, 2.05) is 34.3 Å². The summed E-state index contributed by atoms with van der Waals surface area (Å²) >= 11 is 0. The minimum Gasteiger partial charge on any atom is -0.366 e. The molecule has 0 saturated heterocycles. The topological polar surface area (TPSA) is 43.1 Å². The van der Waals surface area contributed by atoms with Crippen molar-refractivity contribution in [2.45, 2.75) is 19.8 Å². The summed E-state index contributed by atoms with van der Waals surface area (Å²) in [5, 5.41) is 0. The lowest BCUT2D eigenvalue weighted by Gasteiger charge is -2.19. The molecule has 12 heavy (non-hydrogen) atoms. The lowest BCUT2D eigenvalue weighted by Crippen LogP contribution is -2.29. The number of carbonyl (C=O) groups is 1. The maximum Gasteiger partial charge on any atom is 0.249 e. The van der Waals surface area contributed by atoms with Gasteiger partial charge in [0.1, 0.15) is 6.20 Å². The molecule has 0 radical (unpaired) electrons. The van der Waals surface area contributed by atoms with E-state index in [0.29, 0.717) is 4.48 Å². The van der Waals surface area contributed by atoms with Crippen LogP contribution in [0.4, 0.5) is 0 Å². The lowest BCUT2D eigenvalue weighted by atomic mass is 10.1. The SMILES string of the molecule is CCCC(=C[N+](C)(C)C)C(N)=O. The van der Waals surface area contributed by atoms with Gasteiger partial charge in [-0.3, -0.25) is 4.79 Å². The first kappa shape index (κ1) is 11.2. The van der Waals surface area contributed by atoms with Crippen LogP contribution in [0.1, 0.15) is 19.8 Å². The number of nitrogens with two attached hydrogens (primary N) is 1. The second kappa shape index (κ2) is 4.26. The zero-order chi connectivity index (χ0) is 9.78. The van der Waals surface area contributed by atoms with Crippen molar-refractivity contribution in [3.05, 3.63) is 11.8 Å². The monoisotopic (exact) mass is 171 g/mol. The van der Waals surface area contributed by atoms with Gasteiger partial charge >= 0.3 is 0 Å². The summed E-state index contributed by atoms with van der Waals surface area (Å²) in [6.07, 6.45) is 3.62. The maximum absolute atomic E-state index is 10.9. The van der Waals surface area contributed by atoms with E-state index >= 15 is 0 Å². The van der Waals surface area contributed by atoms with E-state index in [9.17, 15) is 4.79 Å². The molecule has 0 aromatic rings. The first-order chi connectivity index (χ1) is 5.37. The predicted octanol–water partition coefficient (Wildman–Crippen LogP) is 0.862. The van der Waals surface area contributed by atoms with Crippen molar-refractivity contribution >= 4 is 5.91 Å². The predicted molar refractivity (Wildman–Crippen MR) is 50.2 cm³/mol. The highest BCUT2D eigenvalue weighted by molar-refractivity contribution is 5.91. The van der Waals surface area contributed by atoms with Crippen LogP contribution in [-0.4, -0.2) is 31.5 Å². The van der Waals surface area contributed by atoms with Crippen molar-refractivity contribution in [2.24, 2.45) is 5.73 Å². The average Bonchev–Trinajstić information content (AvgIpc) is 1.83. The average molecular weight is 171 g/mol. The number of carbonyl (C=O) groups excluding carboxylic acids is 1. The molecule has 2 N–H and O–H groups in total. The molecule has 0 rings (SSSR count). The smallest absolute Gasteiger partial charge is 0.249 e. The normalized spacial score (nSPS) is 13.2. The van der Waals surface area contributed by atoms with Gasteiger partial charge in [-0.1, -0.05) is 13.3 Å². The molecule has 0 fully saturated rings. The highest BCUT2D eigenvalue weighted by atomic mass is 16.1. The molecule has 0 aliphatic heterocycles. The minimum atomic E-state index is -0.301. The van der Waals surface area contributed by atoms with Crippen LogP contribution in [0.5, 0.6) is 0 Å². The van der Waals surface area contributed by atoms with Crippen LogP contribution >= 0.6 is 0 Å². The third kappa shape index (κ3) is 4.91. The van der Waals surface area contributed by atoms with Gasteiger partial charge in [-0.25, -0.2) is 0 Å². The van der Waals surface area contributed by atoms with Gasteiger partial charge in [-0.2, -0.15) is 0 Å². The van der Waals surface area contributed by atoms with Crippen molar-refractivity contribution < 1.29 is 9.28 Å². The highest BCUT2D eigenvalue weighted by Gasteiger charge is 2.10. The van der Waals surface area contributed by atoms with E-state index in [2.05, 4.69) is 0 Å². The number of hydrogen-bond acceptors (Lipinski definition) is 1. The van der Waals surface area contributed by atoms with Gasteiger partial charge < -0.3 is 10.2 Å². The molecular weight excluding hydrogens is 152 g/mol. The third-order valence-corrected chi connectivity index (χ3v) is 1.38. The molecule has 0 atom stereocenters. The number of hydrogen-bond donors (Lipinski definition) is 1. The Labute approximate surface area is 74.4 Å². The van der Waals surface area contributed by atoms with E-state index in [1.54, 1.807) is 0 Å². The fourth-order valence-corrected chi connectivity index (χ4v) is 0.988. The van der Waals surface area contributed by atoms with Crippen LogP contribution in [0, 0.1) is 0 Å². The second-order valence-electron chi connectivity index (χ2n) is 3.88. The first-order valence-corrected chi connectivity index (χ1v) is 4.19. The molecule has 0 aromatic carbocycles. The van der Waals surface area contributed by atoms with E-state index < -0.39 is 0 Å². The molecule has 0 unspecified atom stereocenters. The van der Waals surface area contributed by atoms with Gasteiger partial charge in [-0.15, -0.1) is 0 Å². The molecule has 0 spiro atoms. The zero-order valence-corrected chi connectivity index (χ0v) is 8.42. The van der Waals surface area contributed by atoms with Crippen molar-refractivity contribution in [3.8, 4) is 0 Å². The Balaban J connectivity index is 4.50. The number of nitrogens with zero attached hydrogens (tertiary/aromatic N) is 1. The lowest BCUT2D eigenvalue weighted by molar-refractivity contribution is -0.817. The minimum absolute atomic E-state index is 0.301. The molecule has 3 nitrogen and oxygen atoms in total. The molecule has 0 aliphatic carbocycles. The maximum atomic E-state index is 10.9. The van der Waals surface area contributed by atoms with E-state index in [4.69, 9.17) is 5.73 Å². The molecule has 0 heterocycles. The van der Waals surface area contributed by atoms with E-state index in [-0.39, 0.29) is 5.91 Å². The fourth-order valence-electron chi connectivity index (χ4n) is 0.988. The fraction of sp³-hybridized carbons (Fsp3) is 0.667. The van der Waals surface area contributed by atoms with Crippen LogP contribution in [0.2, 0.25) is 0 Å². The van der Waals surface area contributed by atoms with Gasteiger partial charge in [0, 0.05) is 0 Å². The summed E-state index contributed by atoms with van der Waals surface area (Å²) < 4.78 is 0.637. The van der Waals surface area contributed by atoms with Gasteiger partial charge in [-0.05, 0) is 6.42 Å². The van der Waals surface area contributed by atoms with Crippen LogP contribution in [0.3, 0.4) is 0 Å². The van der Waals surface area contributed by atoms with Gasteiger partial charge in [0.15, 0.2) is 0 Å². The van der Waals surface area contributed by atoms with Gasteiger partial charge in [0.2, 0.25) is 5.91 Å².